The van der Waals surface area contributed by atoms with E-state index in [9.17, 15) is 4.79 Å². The Morgan fingerprint density at radius 3 is 2.35 bits per heavy atom. The van der Waals surface area contributed by atoms with Gasteiger partial charge in [0.1, 0.15) is 5.75 Å². The van der Waals surface area contributed by atoms with Crippen LogP contribution in [-0.4, -0.2) is 21.7 Å². The molecule has 4 heteroatoms. The molecule has 4 nitrogen and oxygen atoms in total. The van der Waals surface area contributed by atoms with Gasteiger partial charge in [0.05, 0.1) is 0 Å². The van der Waals surface area contributed by atoms with E-state index in [1.807, 2.05) is 41.2 Å². The SMILES string of the molecule is CC(Oc1ccc(-n2cccc2)cc1)C(=O)O. The summed E-state index contributed by atoms with van der Waals surface area (Å²) in [5, 5.41) is 8.72. The van der Waals surface area contributed by atoms with E-state index in [-0.39, 0.29) is 0 Å². The van der Waals surface area contributed by atoms with Crippen LogP contribution in [0.25, 0.3) is 5.69 Å². The Morgan fingerprint density at radius 2 is 1.82 bits per heavy atom. The normalized spacial score (nSPS) is 12.1. The lowest BCUT2D eigenvalue weighted by Gasteiger charge is -2.11. The molecule has 1 aromatic heterocycles. The van der Waals surface area contributed by atoms with Crippen molar-refractivity contribution in [3.63, 3.8) is 0 Å². The Labute approximate surface area is 99.1 Å². The number of aromatic nitrogens is 1. The standard InChI is InChI=1S/C13H13NO3/c1-10(13(15)16)17-12-6-4-11(5-7-12)14-8-2-3-9-14/h2-10H,1H3,(H,15,16). The molecule has 0 aliphatic rings. The summed E-state index contributed by atoms with van der Waals surface area (Å²) < 4.78 is 7.20. The first-order valence-corrected chi connectivity index (χ1v) is 5.29. The number of carboxylic acid groups (broad SMARTS) is 1. The molecule has 0 fully saturated rings. The Balaban J connectivity index is 2.11. The lowest BCUT2D eigenvalue weighted by atomic mass is 10.3. The molecule has 0 saturated heterocycles. The van der Waals surface area contributed by atoms with Gasteiger partial charge in [-0.05, 0) is 43.3 Å². The van der Waals surface area contributed by atoms with E-state index in [0.717, 1.165) is 5.69 Å². The molecule has 17 heavy (non-hydrogen) atoms. The van der Waals surface area contributed by atoms with Crippen molar-refractivity contribution < 1.29 is 14.6 Å². The number of carbonyl (C=O) groups is 1. The third kappa shape index (κ3) is 2.66. The zero-order chi connectivity index (χ0) is 12.3. The lowest BCUT2D eigenvalue weighted by Crippen LogP contribution is -2.22. The number of rotatable bonds is 4. The molecule has 1 N–H and O–H groups in total. The monoisotopic (exact) mass is 231 g/mol. The average Bonchev–Trinajstić information content (AvgIpc) is 2.83. The van der Waals surface area contributed by atoms with Crippen LogP contribution in [0.5, 0.6) is 5.75 Å². The van der Waals surface area contributed by atoms with Crippen LogP contribution in [0.15, 0.2) is 48.8 Å². The van der Waals surface area contributed by atoms with Gasteiger partial charge in [-0.25, -0.2) is 4.79 Å². The van der Waals surface area contributed by atoms with E-state index in [0.29, 0.717) is 5.75 Å². The van der Waals surface area contributed by atoms with Gasteiger partial charge >= 0.3 is 5.97 Å². The fourth-order valence-electron chi connectivity index (χ4n) is 1.46. The number of ether oxygens (including phenoxy) is 1. The molecule has 0 radical (unpaired) electrons. The molecular weight excluding hydrogens is 218 g/mol. The number of hydrogen-bond acceptors (Lipinski definition) is 2. The van der Waals surface area contributed by atoms with Gasteiger partial charge in [-0.1, -0.05) is 0 Å². The molecule has 0 bridgehead atoms. The summed E-state index contributed by atoms with van der Waals surface area (Å²) in [6, 6.07) is 11.2. The highest BCUT2D eigenvalue weighted by molar-refractivity contribution is 5.72. The zero-order valence-corrected chi connectivity index (χ0v) is 9.41. The third-order valence-electron chi connectivity index (χ3n) is 2.40. The molecule has 0 aliphatic carbocycles. The number of hydrogen-bond donors (Lipinski definition) is 1. The molecule has 1 unspecified atom stereocenters. The van der Waals surface area contributed by atoms with Crippen molar-refractivity contribution in [2.45, 2.75) is 13.0 Å². The highest BCUT2D eigenvalue weighted by atomic mass is 16.5. The Morgan fingerprint density at radius 1 is 1.24 bits per heavy atom. The van der Waals surface area contributed by atoms with Crippen molar-refractivity contribution in [3.8, 4) is 11.4 Å². The fourth-order valence-corrected chi connectivity index (χ4v) is 1.46. The van der Waals surface area contributed by atoms with Crippen molar-refractivity contribution in [1.29, 1.82) is 0 Å². The summed E-state index contributed by atoms with van der Waals surface area (Å²) in [6.45, 7) is 1.50. The van der Waals surface area contributed by atoms with Crippen molar-refractivity contribution in [2.24, 2.45) is 0 Å². The van der Waals surface area contributed by atoms with Gasteiger partial charge < -0.3 is 14.4 Å². The van der Waals surface area contributed by atoms with Crippen LogP contribution >= 0.6 is 0 Å². The smallest absolute Gasteiger partial charge is 0.344 e. The Bertz CT molecular complexity index is 488. The molecule has 0 saturated carbocycles. The van der Waals surface area contributed by atoms with Gasteiger partial charge in [0, 0.05) is 18.1 Å². The molecule has 0 aliphatic heterocycles. The van der Waals surface area contributed by atoms with Crippen molar-refractivity contribution in [1.82, 2.24) is 4.57 Å². The van der Waals surface area contributed by atoms with Crippen LogP contribution < -0.4 is 4.74 Å². The summed E-state index contributed by atoms with van der Waals surface area (Å²) in [5.74, 6) is -0.421. The van der Waals surface area contributed by atoms with E-state index in [1.54, 1.807) is 12.1 Å². The minimum absolute atomic E-state index is 0.552. The second-order valence-corrected chi connectivity index (χ2v) is 3.68. The molecule has 1 atom stereocenters. The number of nitrogens with zero attached hydrogens (tertiary/aromatic N) is 1. The summed E-state index contributed by atoms with van der Waals surface area (Å²) in [4.78, 5) is 10.6. The first kappa shape index (κ1) is 11.3. The lowest BCUT2D eigenvalue weighted by molar-refractivity contribution is -0.144. The van der Waals surface area contributed by atoms with Gasteiger partial charge in [-0.2, -0.15) is 0 Å². The van der Waals surface area contributed by atoms with Crippen LogP contribution in [0.4, 0.5) is 0 Å². The predicted molar refractivity (Wildman–Crippen MR) is 63.5 cm³/mol. The second-order valence-electron chi connectivity index (χ2n) is 3.68. The minimum Gasteiger partial charge on any atom is -0.479 e. The van der Waals surface area contributed by atoms with E-state index < -0.39 is 12.1 Å². The van der Waals surface area contributed by atoms with Crippen LogP contribution in [0.1, 0.15) is 6.92 Å². The molecule has 1 heterocycles. The van der Waals surface area contributed by atoms with Crippen LogP contribution in [-0.2, 0) is 4.79 Å². The average molecular weight is 231 g/mol. The maximum Gasteiger partial charge on any atom is 0.344 e. The van der Waals surface area contributed by atoms with Gasteiger partial charge in [0.25, 0.3) is 0 Å². The molecule has 2 aromatic rings. The van der Waals surface area contributed by atoms with Gasteiger partial charge in [-0.3, -0.25) is 0 Å². The van der Waals surface area contributed by atoms with Gasteiger partial charge in [0.2, 0.25) is 0 Å². The van der Waals surface area contributed by atoms with Crippen LogP contribution in [0.3, 0.4) is 0 Å². The molecule has 0 spiro atoms. The Hall–Kier alpha value is -2.23. The highest BCUT2D eigenvalue weighted by Crippen LogP contribution is 2.16. The first-order chi connectivity index (χ1) is 8.16. The van der Waals surface area contributed by atoms with Crippen LogP contribution in [0.2, 0.25) is 0 Å². The summed E-state index contributed by atoms with van der Waals surface area (Å²) in [7, 11) is 0. The topological polar surface area (TPSA) is 51.5 Å². The van der Waals surface area contributed by atoms with Crippen LogP contribution in [0, 0.1) is 0 Å². The van der Waals surface area contributed by atoms with E-state index in [2.05, 4.69) is 0 Å². The molecule has 0 amide bonds. The fraction of sp³-hybridized carbons (Fsp3) is 0.154. The summed E-state index contributed by atoms with van der Waals surface area (Å²) >= 11 is 0. The number of aliphatic carboxylic acids is 1. The molecule has 88 valence electrons. The van der Waals surface area contributed by atoms with E-state index in [1.165, 1.54) is 6.92 Å². The maximum absolute atomic E-state index is 10.6. The minimum atomic E-state index is -0.973. The zero-order valence-electron chi connectivity index (χ0n) is 9.41. The first-order valence-electron chi connectivity index (χ1n) is 5.29. The van der Waals surface area contributed by atoms with Gasteiger partial charge in [0.15, 0.2) is 6.10 Å². The van der Waals surface area contributed by atoms with E-state index in [4.69, 9.17) is 9.84 Å². The van der Waals surface area contributed by atoms with Gasteiger partial charge in [-0.15, -0.1) is 0 Å². The molecular formula is C13H13NO3. The third-order valence-corrected chi connectivity index (χ3v) is 2.40. The quantitative estimate of drug-likeness (QED) is 0.878. The predicted octanol–water partition coefficient (Wildman–Crippen LogP) is 2.33. The number of benzene rings is 1. The summed E-state index contributed by atoms with van der Waals surface area (Å²) in [6.07, 6.45) is 3.04. The number of carboxylic acids is 1. The van der Waals surface area contributed by atoms with Crippen molar-refractivity contribution >= 4 is 5.97 Å². The second kappa shape index (κ2) is 4.74. The maximum atomic E-state index is 10.6. The highest BCUT2D eigenvalue weighted by Gasteiger charge is 2.11. The van der Waals surface area contributed by atoms with E-state index >= 15 is 0 Å². The molecule has 1 aromatic carbocycles. The van der Waals surface area contributed by atoms with Crippen molar-refractivity contribution in [2.75, 3.05) is 0 Å². The van der Waals surface area contributed by atoms with Crippen molar-refractivity contribution in [3.05, 3.63) is 48.8 Å². The summed E-state index contributed by atoms with van der Waals surface area (Å²) in [5.41, 5.74) is 1.00. The largest absolute Gasteiger partial charge is 0.479 e. The Kier molecular flexibility index (Phi) is 3.14. The molecule has 2 rings (SSSR count).